The molecule has 3 nitrogen and oxygen atoms in total. The molecule has 2 atom stereocenters. The number of anilines is 1. The Morgan fingerprint density at radius 1 is 1.47 bits per heavy atom. The molecule has 0 spiro atoms. The smallest absolute Gasteiger partial charge is 0.366 e. The normalized spacial score (nSPS) is 23.0. The zero-order valence-corrected chi connectivity index (χ0v) is 9.04. The summed E-state index contributed by atoms with van der Waals surface area (Å²) in [5.74, 6) is 0.439. The first-order valence-electron chi connectivity index (χ1n) is 5.16. The van der Waals surface area contributed by atoms with Gasteiger partial charge in [-0.25, -0.2) is 4.98 Å². The van der Waals surface area contributed by atoms with Crippen molar-refractivity contribution in [2.24, 2.45) is 5.92 Å². The average molecular weight is 241 g/mol. The third-order valence-corrected chi connectivity index (χ3v) is 2.74. The van der Waals surface area contributed by atoms with Gasteiger partial charge >= 0.3 is 6.18 Å². The van der Waals surface area contributed by atoms with Gasteiger partial charge in [0, 0.05) is 6.04 Å². The number of alkyl halides is 3. The molecule has 1 saturated carbocycles. The number of rotatable bonds is 2. The number of nitriles is 1. The van der Waals surface area contributed by atoms with Gasteiger partial charge < -0.3 is 5.32 Å². The monoisotopic (exact) mass is 241 g/mol. The number of nitrogens with one attached hydrogen (secondary N) is 1. The quantitative estimate of drug-likeness (QED) is 0.866. The van der Waals surface area contributed by atoms with Crippen molar-refractivity contribution in [1.29, 1.82) is 5.26 Å². The molecule has 2 rings (SSSR count). The highest BCUT2D eigenvalue weighted by Crippen LogP contribution is 2.34. The minimum Gasteiger partial charge on any atom is -0.366 e. The third-order valence-electron chi connectivity index (χ3n) is 2.74. The lowest BCUT2D eigenvalue weighted by Gasteiger charge is -2.10. The van der Waals surface area contributed by atoms with Crippen LogP contribution in [0, 0.1) is 17.2 Å². The van der Waals surface area contributed by atoms with Gasteiger partial charge in [-0.1, -0.05) is 6.92 Å². The van der Waals surface area contributed by atoms with E-state index in [4.69, 9.17) is 5.26 Å². The SMILES string of the molecule is CC1CC1Nc1nc(C(F)(F)F)ccc1C#N. The van der Waals surface area contributed by atoms with Crippen LogP contribution in [0.15, 0.2) is 12.1 Å². The molecule has 1 N–H and O–H groups in total. The molecular weight excluding hydrogens is 231 g/mol. The molecule has 90 valence electrons. The second-order valence-corrected chi connectivity index (χ2v) is 4.17. The molecule has 0 aromatic carbocycles. The van der Waals surface area contributed by atoms with Crippen molar-refractivity contribution in [3.8, 4) is 6.07 Å². The van der Waals surface area contributed by atoms with Crippen LogP contribution in [0.5, 0.6) is 0 Å². The van der Waals surface area contributed by atoms with Crippen LogP contribution in [0.1, 0.15) is 24.6 Å². The zero-order chi connectivity index (χ0) is 12.6. The first kappa shape index (κ1) is 11.7. The molecule has 1 aliphatic rings. The van der Waals surface area contributed by atoms with Gasteiger partial charge in [0.05, 0.1) is 5.56 Å². The summed E-state index contributed by atoms with van der Waals surface area (Å²) in [5, 5.41) is 11.7. The molecule has 0 amide bonds. The average Bonchev–Trinajstić information content (AvgIpc) is 2.93. The van der Waals surface area contributed by atoms with Crippen LogP contribution in [-0.2, 0) is 6.18 Å². The van der Waals surface area contributed by atoms with E-state index in [0.29, 0.717) is 5.92 Å². The molecule has 6 heteroatoms. The highest BCUT2D eigenvalue weighted by atomic mass is 19.4. The molecule has 0 bridgehead atoms. The van der Waals surface area contributed by atoms with E-state index < -0.39 is 11.9 Å². The maximum atomic E-state index is 12.5. The molecule has 1 aromatic rings. The van der Waals surface area contributed by atoms with Crippen molar-refractivity contribution in [1.82, 2.24) is 4.98 Å². The molecule has 1 heterocycles. The van der Waals surface area contributed by atoms with Gasteiger partial charge in [0.25, 0.3) is 0 Å². The molecule has 1 aromatic heterocycles. The van der Waals surface area contributed by atoms with Crippen LogP contribution in [0.4, 0.5) is 19.0 Å². The van der Waals surface area contributed by atoms with Gasteiger partial charge in [0.2, 0.25) is 0 Å². The van der Waals surface area contributed by atoms with Gasteiger partial charge in [-0.15, -0.1) is 0 Å². The summed E-state index contributed by atoms with van der Waals surface area (Å²) in [4.78, 5) is 3.47. The Labute approximate surface area is 96.3 Å². The van der Waals surface area contributed by atoms with Gasteiger partial charge in [-0.3, -0.25) is 0 Å². The van der Waals surface area contributed by atoms with E-state index in [9.17, 15) is 13.2 Å². The van der Waals surface area contributed by atoms with Crippen molar-refractivity contribution in [2.45, 2.75) is 25.6 Å². The standard InChI is InChI=1S/C11H10F3N3/c1-6-4-8(6)16-10-7(5-15)2-3-9(17-10)11(12,13)14/h2-3,6,8H,4H2,1H3,(H,16,17). The fourth-order valence-electron chi connectivity index (χ4n) is 1.52. The van der Waals surface area contributed by atoms with Gasteiger partial charge in [0.1, 0.15) is 17.6 Å². The first-order valence-corrected chi connectivity index (χ1v) is 5.16. The summed E-state index contributed by atoms with van der Waals surface area (Å²) in [6, 6.07) is 3.92. The molecule has 17 heavy (non-hydrogen) atoms. The largest absolute Gasteiger partial charge is 0.433 e. The lowest BCUT2D eigenvalue weighted by Crippen LogP contribution is -2.13. The molecular formula is C11H10F3N3. The number of hydrogen-bond acceptors (Lipinski definition) is 3. The maximum absolute atomic E-state index is 12.5. The second kappa shape index (κ2) is 3.91. The van der Waals surface area contributed by atoms with Gasteiger partial charge in [0.15, 0.2) is 0 Å². The minimum atomic E-state index is -4.49. The van der Waals surface area contributed by atoms with E-state index in [-0.39, 0.29) is 17.4 Å². The van der Waals surface area contributed by atoms with Crippen molar-refractivity contribution < 1.29 is 13.2 Å². The fraction of sp³-hybridized carbons (Fsp3) is 0.455. The summed E-state index contributed by atoms with van der Waals surface area (Å²) in [6.07, 6.45) is -3.59. The molecule has 2 unspecified atom stereocenters. The van der Waals surface area contributed by atoms with Crippen molar-refractivity contribution >= 4 is 5.82 Å². The highest BCUT2D eigenvalue weighted by molar-refractivity contribution is 5.53. The van der Waals surface area contributed by atoms with Crippen LogP contribution in [0.2, 0.25) is 0 Å². The van der Waals surface area contributed by atoms with E-state index in [0.717, 1.165) is 18.6 Å². The van der Waals surface area contributed by atoms with E-state index in [1.54, 1.807) is 0 Å². The van der Waals surface area contributed by atoms with Crippen molar-refractivity contribution in [3.63, 3.8) is 0 Å². The van der Waals surface area contributed by atoms with E-state index in [2.05, 4.69) is 10.3 Å². The summed E-state index contributed by atoms with van der Waals surface area (Å²) >= 11 is 0. The molecule has 0 saturated heterocycles. The summed E-state index contributed by atoms with van der Waals surface area (Å²) in [7, 11) is 0. The van der Waals surface area contributed by atoms with E-state index >= 15 is 0 Å². The lowest BCUT2D eigenvalue weighted by atomic mass is 10.2. The van der Waals surface area contributed by atoms with Crippen LogP contribution in [0.3, 0.4) is 0 Å². The summed E-state index contributed by atoms with van der Waals surface area (Å²) in [5.41, 5.74) is -0.843. The van der Waals surface area contributed by atoms with E-state index in [1.165, 1.54) is 0 Å². The number of aromatic nitrogens is 1. The number of halogens is 3. The van der Waals surface area contributed by atoms with Crippen molar-refractivity contribution in [2.75, 3.05) is 5.32 Å². The number of hydrogen-bond donors (Lipinski definition) is 1. The third kappa shape index (κ3) is 2.49. The molecule has 1 aliphatic carbocycles. The van der Waals surface area contributed by atoms with Crippen LogP contribution >= 0.6 is 0 Å². The van der Waals surface area contributed by atoms with Crippen molar-refractivity contribution in [3.05, 3.63) is 23.4 Å². The Balaban J connectivity index is 2.30. The Morgan fingerprint density at radius 3 is 2.59 bits per heavy atom. The minimum absolute atomic E-state index is 0.0247. The Morgan fingerprint density at radius 2 is 2.12 bits per heavy atom. The first-order chi connectivity index (χ1) is 7.91. The highest BCUT2D eigenvalue weighted by Gasteiger charge is 2.36. The number of nitrogens with zero attached hydrogens (tertiary/aromatic N) is 2. The Kier molecular flexibility index (Phi) is 2.69. The predicted octanol–water partition coefficient (Wildman–Crippen LogP) is 2.79. The Bertz CT molecular complexity index is 476. The lowest BCUT2D eigenvalue weighted by molar-refractivity contribution is -0.141. The van der Waals surface area contributed by atoms with Crippen LogP contribution < -0.4 is 5.32 Å². The number of pyridine rings is 1. The molecule has 0 radical (unpaired) electrons. The molecule has 1 fully saturated rings. The summed E-state index contributed by atoms with van der Waals surface area (Å²) in [6.45, 7) is 1.98. The fourth-order valence-corrected chi connectivity index (χ4v) is 1.52. The molecule has 0 aliphatic heterocycles. The van der Waals surface area contributed by atoms with E-state index in [1.807, 2.05) is 13.0 Å². The summed E-state index contributed by atoms with van der Waals surface area (Å²) < 4.78 is 37.4. The van der Waals surface area contributed by atoms with Crippen LogP contribution in [0.25, 0.3) is 0 Å². The van der Waals surface area contributed by atoms with Gasteiger partial charge in [-0.2, -0.15) is 18.4 Å². The van der Waals surface area contributed by atoms with Crippen LogP contribution in [-0.4, -0.2) is 11.0 Å². The Hall–Kier alpha value is -1.77. The topological polar surface area (TPSA) is 48.7 Å². The predicted molar refractivity (Wildman–Crippen MR) is 55.1 cm³/mol. The maximum Gasteiger partial charge on any atom is 0.433 e. The van der Waals surface area contributed by atoms with Gasteiger partial charge in [-0.05, 0) is 24.5 Å². The zero-order valence-electron chi connectivity index (χ0n) is 9.04. The second-order valence-electron chi connectivity index (χ2n) is 4.17.